The fourth-order valence-electron chi connectivity index (χ4n) is 1.97. The first-order valence-corrected chi connectivity index (χ1v) is 6.37. The van der Waals surface area contributed by atoms with Crippen molar-refractivity contribution in [2.24, 2.45) is 0 Å². The Kier molecular flexibility index (Phi) is 3.30. The number of aromatic nitrogens is 1. The molecular weight excluding hydrogens is 288 g/mol. The number of fused-ring (bicyclic) bond motifs is 1. The van der Waals surface area contributed by atoms with Crippen LogP contribution in [0, 0.1) is 17.0 Å². The molecular formula is C15H10N2O5. The summed E-state index contributed by atoms with van der Waals surface area (Å²) in [6, 6.07) is 10.0. The van der Waals surface area contributed by atoms with Gasteiger partial charge in [0.1, 0.15) is 11.3 Å². The number of hydrogen-bond donors (Lipinski definition) is 0. The monoisotopic (exact) mass is 298 g/mol. The summed E-state index contributed by atoms with van der Waals surface area (Å²) in [7, 11) is 0. The van der Waals surface area contributed by atoms with Crippen LogP contribution in [0.25, 0.3) is 11.1 Å². The Hall–Kier alpha value is -3.22. The Morgan fingerprint density at radius 1 is 1.23 bits per heavy atom. The second-order valence-corrected chi connectivity index (χ2v) is 4.56. The van der Waals surface area contributed by atoms with Gasteiger partial charge in [-0.1, -0.05) is 0 Å². The first kappa shape index (κ1) is 13.7. The van der Waals surface area contributed by atoms with Crippen molar-refractivity contribution < 1.29 is 18.9 Å². The number of non-ortho nitro benzene ring substituents is 1. The summed E-state index contributed by atoms with van der Waals surface area (Å²) in [5.74, 6) is 0.228. The van der Waals surface area contributed by atoms with E-state index in [-0.39, 0.29) is 11.3 Å². The molecule has 22 heavy (non-hydrogen) atoms. The second kappa shape index (κ2) is 5.28. The lowest BCUT2D eigenvalue weighted by Crippen LogP contribution is -2.08. The van der Waals surface area contributed by atoms with E-state index in [0.717, 1.165) is 0 Å². The number of oxazole rings is 1. The van der Waals surface area contributed by atoms with Crippen molar-refractivity contribution >= 4 is 22.8 Å². The highest BCUT2D eigenvalue weighted by Gasteiger charge is 2.12. The standard InChI is InChI=1S/C15H10N2O5/c1-9-16-13-7-6-12(8-14(13)21-9)22-15(18)10-2-4-11(5-3-10)17(19)20/h2-8H,1H3. The maximum Gasteiger partial charge on any atom is 0.343 e. The normalized spacial score (nSPS) is 10.6. The van der Waals surface area contributed by atoms with E-state index in [4.69, 9.17) is 9.15 Å². The molecule has 0 spiro atoms. The molecule has 0 radical (unpaired) electrons. The van der Waals surface area contributed by atoms with Crippen molar-refractivity contribution in [3.63, 3.8) is 0 Å². The van der Waals surface area contributed by atoms with E-state index in [1.165, 1.54) is 24.3 Å². The van der Waals surface area contributed by atoms with Gasteiger partial charge >= 0.3 is 5.97 Å². The van der Waals surface area contributed by atoms with Crippen molar-refractivity contribution in [1.82, 2.24) is 4.98 Å². The molecule has 0 saturated heterocycles. The predicted molar refractivity (Wildman–Crippen MR) is 76.8 cm³/mol. The lowest BCUT2D eigenvalue weighted by molar-refractivity contribution is -0.384. The third-order valence-corrected chi connectivity index (χ3v) is 2.99. The third-order valence-electron chi connectivity index (χ3n) is 2.99. The predicted octanol–water partition coefficient (Wildman–Crippen LogP) is 3.26. The fourth-order valence-corrected chi connectivity index (χ4v) is 1.97. The number of nitro benzene ring substituents is 1. The Labute approximate surface area is 124 Å². The Morgan fingerprint density at radius 3 is 2.64 bits per heavy atom. The first-order valence-electron chi connectivity index (χ1n) is 6.37. The molecule has 0 atom stereocenters. The van der Waals surface area contributed by atoms with Crippen LogP contribution in [-0.4, -0.2) is 15.9 Å². The molecule has 0 amide bonds. The zero-order valence-electron chi connectivity index (χ0n) is 11.5. The van der Waals surface area contributed by atoms with E-state index in [1.807, 2.05) is 0 Å². The SMILES string of the molecule is Cc1nc2ccc(OC(=O)c3ccc([N+](=O)[O-])cc3)cc2o1. The summed E-state index contributed by atoms with van der Waals surface area (Å²) in [6.45, 7) is 1.72. The number of benzene rings is 2. The van der Waals surface area contributed by atoms with Gasteiger partial charge in [0.2, 0.25) is 0 Å². The molecule has 1 heterocycles. The van der Waals surface area contributed by atoms with Crippen molar-refractivity contribution in [3.8, 4) is 5.75 Å². The van der Waals surface area contributed by atoms with E-state index >= 15 is 0 Å². The van der Waals surface area contributed by atoms with Gasteiger partial charge in [0.05, 0.1) is 10.5 Å². The van der Waals surface area contributed by atoms with Gasteiger partial charge in [-0.15, -0.1) is 0 Å². The Morgan fingerprint density at radius 2 is 1.95 bits per heavy atom. The number of carbonyl (C=O) groups is 1. The molecule has 7 heteroatoms. The molecule has 0 fully saturated rings. The summed E-state index contributed by atoms with van der Waals surface area (Å²) in [6.07, 6.45) is 0. The van der Waals surface area contributed by atoms with Gasteiger partial charge in [-0.25, -0.2) is 9.78 Å². The van der Waals surface area contributed by atoms with Crippen LogP contribution in [0.4, 0.5) is 5.69 Å². The molecule has 110 valence electrons. The van der Waals surface area contributed by atoms with Gasteiger partial charge in [-0.05, 0) is 24.3 Å². The molecule has 7 nitrogen and oxygen atoms in total. The van der Waals surface area contributed by atoms with Gasteiger partial charge in [-0.3, -0.25) is 10.1 Å². The van der Waals surface area contributed by atoms with Crippen molar-refractivity contribution in [3.05, 3.63) is 64.0 Å². The molecule has 0 unspecified atom stereocenters. The summed E-state index contributed by atoms with van der Waals surface area (Å²) in [5.41, 5.74) is 1.33. The zero-order valence-corrected chi connectivity index (χ0v) is 11.5. The molecule has 0 N–H and O–H groups in total. The van der Waals surface area contributed by atoms with Crippen LogP contribution in [0.2, 0.25) is 0 Å². The van der Waals surface area contributed by atoms with Crippen LogP contribution in [0.5, 0.6) is 5.75 Å². The van der Waals surface area contributed by atoms with Gasteiger partial charge in [0, 0.05) is 25.1 Å². The highest BCUT2D eigenvalue weighted by molar-refractivity contribution is 5.91. The largest absolute Gasteiger partial charge is 0.441 e. The Balaban J connectivity index is 1.81. The fraction of sp³-hybridized carbons (Fsp3) is 0.0667. The van der Waals surface area contributed by atoms with Gasteiger partial charge in [0.25, 0.3) is 5.69 Å². The number of aryl methyl sites for hydroxylation is 1. The van der Waals surface area contributed by atoms with E-state index in [1.54, 1.807) is 25.1 Å². The summed E-state index contributed by atoms with van der Waals surface area (Å²) in [4.78, 5) is 26.2. The summed E-state index contributed by atoms with van der Waals surface area (Å²) < 4.78 is 10.6. The van der Waals surface area contributed by atoms with E-state index in [2.05, 4.69) is 4.98 Å². The topological polar surface area (TPSA) is 95.5 Å². The minimum absolute atomic E-state index is 0.0879. The molecule has 0 bridgehead atoms. The molecule has 2 aromatic carbocycles. The summed E-state index contributed by atoms with van der Waals surface area (Å²) >= 11 is 0. The molecule has 1 aromatic heterocycles. The molecule has 0 aliphatic heterocycles. The minimum atomic E-state index is -0.606. The number of rotatable bonds is 3. The first-order chi connectivity index (χ1) is 10.5. The average Bonchev–Trinajstić information content (AvgIpc) is 2.86. The Bertz CT molecular complexity index is 867. The molecule has 3 rings (SSSR count). The third kappa shape index (κ3) is 2.64. The summed E-state index contributed by atoms with van der Waals surface area (Å²) in [5, 5.41) is 10.6. The van der Waals surface area contributed by atoms with Crippen molar-refractivity contribution in [1.29, 1.82) is 0 Å². The van der Waals surface area contributed by atoms with E-state index in [9.17, 15) is 14.9 Å². The quantitative estimate of drug-likeness (QED) is 0.319. The van der Waals surface area contributed by atoms with Crippen LogP contribution in [-0.2, 0) is 0 Å². The molecule has 0 aliphatic carbocycles. The maximum atomic E-state index is 12.0. The van der Waals surface area contributed by atoms with Gasteiger partial charge in [-0.2, -0.15) is 0 Å². The number of carbonyl (C=O) groups excluding carboxylic acids is 1. The van der Waals surface area contributed by atoms with Crippen molar-refractivity contribution in [2.75, 3.05) is 0 Å². The lowest BCUT2D eigenvalue weighted by Gasteiger charge is -2.03. The van der Waals surface area contributed by atoms with Crippen LogP contribution in [0.15, 0.2) is 46.9 Å². The van der Waals surface area contributed by atoms with Gasteiger partial charge < -0.3 is 9.15 Å². The zero-order chi connectivity index (χ0) is 15.7. The highest BCUT2D eigenvalue weighted by Crippen LogP contribution is 2.22. The second-order valence-electron chi connectivity index (χ2n) is 4.56. The number of esters is 1. The minimum Gasteiger partial charge on any atom is -0.441 e. The van der Waals surface area contributed by atoms with Crippen LogP contribution >= 0.6 is 0 Å². The molecule has 0 saturated carbocycles. The van der Waals surface area contributed by atoms with Crippen LogP contribution in [0.3, 0.4) is 0 Å². The van der Waals surface area contributed by atoms with E-state index < -0.39 is 10.9 Å². The number of nitrogens with zero attached hydrogens (tertiary/aromatic N) is 2. The lowest BCUT2D eigenvalue weighted by atomic mass is 10.2. The van der Waals surface area contributed by atoms with E-state index in [0.29, 0.717) is 22.7 Å². The molecule has 0 aliphatic rings. The number of hydrogen-bond acceptors (Lipinski definition) is 6. The van der Waals surface area contributed by atoms with Gasteiger partial charge in [0.15, 0.2) is 11.5 Å². The number of nitro groups is 1. The smallest absolute Gasteiger partial charge is 0.343 e. The van der Waals surface area contributed by atoms with Crippen LogP contribution < -0.4 is 4.74 Å². The van der Waals surface area contributed by atoms with Crippen molar-refractivity contribution in [2.45, 2.75) is 6.92 Å². The molecule has 3 aromatic rings. The average molecular weight is 298 g/mol. The maximum absolute atomic E-state index is 12.0. The highest BCUT2D eigenvalue weighted by atomic mass is 16.6. The number of ether oxygens (including phenoxy) is 1. The van der Waals surface area contributed by atoms with Crippen LogP contribution in [0.1, 0.15) is 16.2 Å².